The smallest absolute Gasteiger partial charge is 0.243 e. The number of aryl methyl sites for hydroxylation is 3. The number of benzene rings is 3. The van der Waals surface area contributed by atoms with Crippen molar-refractivity contribution in [2.45, 2.75) is 84.3 Å². The Hall–Kier alpha value is -3.40. The maximum absolute atomic E-state index is 14.1. The molecule has 1 aliphatic rings. The van der Waals surface area contributed by atoms with Crippen LogP contribution in [0.4, 0.5) is 0 Å². The zero-order valence-corrected chi connectivity index (χ0v) is 22.5. The van der Waals surface area contributed by atoms with E-state index < -0.39 is 6.04 Å². The van der Waals surface area contributed by atoms with E-state index in [1.165, 1.54) is 6.42 Å². The lowest BCUT2D eigenvalue weighted by Crippen LogP contribution is -2.53. The maximum atomic E-state index is 14.1. The summed E-state index contributed by atoms with van der Waals surface area (Å²) in [4.78, 5) is 29.8. The lowest BCUT2D eigenvalue weighted by atomic mass is 9.94. The van der Waals surface area contributed by atoms with Crippen molar-refractivity contribution >= 4 is 11.8 Å². The quantitative estimate of drug-likeness (QED) is 0.381. The second-order valence-corrected chi connectivity index (χ2v) is 10.6. The van der Waals surface area contributed by atoms with E-state index in [0.717, 1.165) is 59.1 Å². The largest absolute Gasteiger partial charge is 0.352 e. The van der Waals surface area contributed by atoms with Crippen LogP contribution in [0.2, 0.25) is 0 Å². The molecule has 0 aliphatic heterocycles. The monoisotopic (exact) mass is 496 g/mol. The Morgan fingerprint density at radius 1 is 0.838 bits per heavy atom. The van der Waals surface area contributed by atoms with Crippen molar-refractivity contribution in [2.75, 3.05) is 0 Å². The zero-order chi connectivity index (χ0) is 26.2. The molecule has 0 spiro atoms. The van der Waals surface area contributed by atoms with Gasteiger partial charge < -0.3 is 10.2 Å². The van der Waals surface area contributed by atoms with Crippen LogP contribution in [-0.4, -0.2) is 28.8 Å². The topological polar surface area (TPSA) is 49.4 Å². The van der Waals surface area contributed by atoms with Crippen LogP contribution < -0.4 is 5.32 Å². The lowest BCUT2D eigenvalue weighted by Gasteiger charge is -2.34. The third-order valence-electron chi connectivity index (χ3n) is 7.67. The van der Waals surface area contributed by atoms with Gasteiger partial charge in [0.1, 0.15) is 6.04 Å². The number of nitrogens with zero attached hydrogens (tertiary/aromatic N) is 1. The van der Waals surface area contributed by atoms with Crippen LogP contribution in [-0.2, 0) is 29.0 Å². The standard InChI is InChI=1S/C33H40N2O2/c1-24-18-19-26(3)29(20-24)22-32(36)35(23-28-15-11-10-12-25(28)2)31(21-27-13-6-4-7-14-27)33(37)34-30-16-8-5-9-17-30/h4,6-7,10-15,18-20,30-31H,5,8-9,16-17,21-23H2,1-3H3,(H,34,37). The molecule has 1 N–H and O–H groups in total. The van der Waals surface area contributed by atoms with E-state index in [1.54, 1.807) is 0 Å². The molecule has 0 radical (unpaired) electrons. The highest BCUT2D eigenvalue weighted by Gasteiger charge is 2.32. The highest BCUT2D eigenvalue weighted by molar-refractivity contribution is 5.89. The van der Waals surface area contributed by atoms with Gasteiger partial charge in [-0.15, -0.1) is 0 Å². The molecule has 0 bridgehead atoms. The number of carbonyl (C=O) groups is 2. The summed E-state index contributed by atoms with van der Waals surface area (Å²) in [5.74, 6) is -0.0599. The summed E-state index contributed by atoms with van der Waals surface area (Å²) < 4.78 is 0. The highest BCUT2D eigenvalue weighted by atomic mass is 16.2. The SMILES string of the molecule is Cc1ccc(C)c(CC(=O)N(Cc2ccccc2C)C(Cc2ccccc2)C(=O)NC2CCCCC2)c1. The lowest BCUT2D eigenvalue weighted by molar-refractivity contribution is -0.141. The van der Waals surface area contributed by atoms with E-state index in [4.69, 9.17) is 0 Å². The Balaban J connectivity index is 1.68. The predicted octanol–water partition coefficient (Wildman–Crippen LogP) is 6.24. The van der Waals surface area contributed by atoms with E-state index in [-0.39, 0.29) is 24.3 Å². The summed E-state index contributed by atoms with van der Waals surface area (Å²) >= 11 is 0. The van der Waals surface area contributed by atoms with Gasteiger partial charge in [0.05, 0.1) is 6.42 Å². The Labute approximate surface area is 222 Å². The molecule has 1 atom stereocenters. The van der Waals surface area contributed by atoms with Gasteiger partial charge in [-0.2, -0.15) is 0 Å². The summed E-state index contributed by atoms with van der Waals surface area (Å²) in [6.45, 7) is 6.57. The van der Waals surface area contributed by atoms with Crippen molar-refractivity contribution < 1.29 is 9.59 Å². The molecule has 1 unspecified atom stereocenters. The molecule has 1 fully saturated rings. The molecule has 0 aromatic heterocycles. The predicted molar refractivity (Wildman–Crippen MR) is 150 cm³/mol. The van der Waals surface area contributed by atoms with Crippen molar-refractivity contribution in [1.29, 1.82) is 0 Å². The minimum atomic E-state index is -0.582. The Morgan fingerprint density at radius 3 is 2.24 bits per heavy atom. The molecule has 2 amide bonds. The molecular formula is C33H40N2O2. The van der Waals surface area contributed by atoms with Gasteiger partial charge in [0, 0.05) is 19.0 Å². The van der Waals surface area contributed by atoms with Crippen molar-refractivity contribution in [2.24, 2.45) is 0 Å². The Kier molecular flexibility index (Phi) is 9.16. The van der Waals surface area contributed by atoms with Crippen LogP contribution in [0.3, 0.4) is 0 Å². The fraction of sp³-hybridized carbons (Fsp3) is 0.394. The van der Waals surface area contributed by atoms with Crippen LogP contribution in [0.15, 0.2) is 72.8 Å². The van der Waals surface area contributed by atoms with E-state index in [2.05, 4.69) is 42.6 Å². The molecule has 37 heavy (non-hydrogen) atoms. The van der Waals surface area contributed by atoms with Gasteiger partial charge in [0.2, 0.25) is 11.8 Å². The second kappa shape index (κ2) is 12.7. The number of hydrogen-bond donors (Lipinski definition) is 1. The minimum absolute atomic E-state index is 0.0170. The van der Waals surface area contributed by atoms with Gasteiger partial charge in [0.15, 0.2) is 0 Å². The average Bonchev–Trinajstić information content (AvgIpc) is 2.90. The molecule has 0 heterocycles. The molecule has 4 nitrogen and oxygen atoms in total. The molecule has 3 aromatic carbocycles. The number of carbonyl (C=O) groups excluding carboxylic acids is 2. The number of nitrogens with one attached hydrogen (secondary N) is 1. The maximum Gasteiger partial charge on any atom is 0.243 e. The van der Waals surface area contributed by atoms with Crippen LogP contribution >= 0.6 is 0 Å². The fourth-order valence-corrected chi connectivity index (χ4v) is 5.32. The van der Waals surface area contributed by atoms with Gasteiger partial charge >= 0.3 is 0 Å². The van der Waals surface area contributed by atoms with Gasteiger partial charge in [-0.05, 0) is 61.4 Å². The van der Waals surface area contributed by atoms with Gasteiger partial charge in [-0.1, -0.05) is 97.6 Å². The summed E-state index contributed by atoms with van der Waals surface area (Å²) in [7, 11) is 0. The van der Waals surface area contributed by atoms with Gasteiger partial charge in [-0.25, -0.2) is 0 Å². The average molecular weight is 497 g/mol. The second-order valence-electron chi connectivity index (χ2n) is 10.6. The fourth-order valence-electron chi connectivity index (χ4n) is 5.32. The molecule has 0 saturated heterocycles. The van der Waals surface area contributed by atoms with E-state index in [9.17, 15) is 9.59 Å². The van der Waals surface area contributed by atoms with E-state index >= 15 is 0 Å². The minimum Gasteiger partial charge on any atom is -0.352 e. The first kappa shape index (κ1) is 26.7. The molecular weight excluding hydrogens is 456 g/mol. The van der Waals surface area contributed by atoms with Gasteiger partial charge in [-0.3, -0.25) is 9.59 Å². The summed E-state index contributed by atoms with van der Waals surface area (Å²) in [6.07, 6.45) is 6.31. The van der Waals surface area contributed by atoms with Gasteiger partial charge in [0.25, 0.3) is 0 Å². The van der Waals surface area contributed by atoms with E-state index in [1.807, 2.05) is 61.2 Å². The molecule has 3 aromatic rings. The van der Waals surface area contributed by atoms with Crippen LogP contribution in [0.25, 0.3) is 0 Å². The molecule has 194 valence electrons. The Bertz CT molecular complexity index is 1200. The van der Waals surface area contributed by atoms with Crippen molar-refractivity contribution in [1.82, 2.24) is 10.2 Å². The molecule has 4 heteroatoms. The summed E-state index contributed by atoms with van der Waals surface area (Å²) in [5.41, 5.74) is 6.50. The third-order valence-corrected chi connectivity index (χ3v) is 7.67. The van der Waals surface area contributed by atoms with Crippen LogP contribution in [0.1, 0.15) is 65.5 Å². The van der Waals surface area contributed by atoms with Crippen molar-refractivity contribution in [3.8, 4) is 0 Å². The van der Waals surface area contributed by atoms with E-state index in [0.29, 0.717) is 13.0 Å². The van der Waals surface area contributed by atoms with Crippen molar-refractivity contribution in [3.05, 3.63) is 106 Å². The van der Waals surface area contributed by atoms with Crippen molar-refractivity contribution in [3.63, 3.8) is 0 Å². The normalized spacial score (nSPS) is 14.7. The number of rotatable bonds is 9. The first-order valence-electron chi connectivity index (χ1n) is 13.6. The third kappa shape index (κ3) is 7.31. The molecule has 1 saturated carbocycles. The summed E-state index contributed by atoms with van der Waals surface area (Å²) in [5, 5.41) is 3.33. The highest BCUT2D eigenvalue weighted by Crippen LogP contribution is 2.22. The van der Waals surface area contributed by atoms with Crippen LogP contribution in [0, 0.1) is 20.8 Å². The van der Waals surface area contributed by atoms with Crippen LogP contribution in [0.5, 0.6) is 0 Å². The zero-order valence-electron chi connectivity index (χ0n) is 22.5. The first-order chi connectivity index (χ1) is 17.9. The Morgan fingerprint density at radius 2 is 1.51 bits per heavy atom. The summed E-state index contributed by atoms with van der Waals surface area (Å²) in [6, 6.07) is 24.0. The number of hydrogen-bond acceptors (Lipinski definition) is 2. The first-order valence-corrected chi connectivity index (χ1v) is 13.6. The number of amides is 2. The molecule has 4 rings (SSSR count). The molecule has 1 aliphatic carbocycles.